The van der Waals surface area contributed by atoms with Crippen molar-refractivity contribution in [3.8, 4) is 0 Å². The lowest BCUT2D eigenvalue weighted by molar-refractivity contribution is 0.0903. The van der Waals surface area contributed by atoms with Gasteiger partial charge in [0.1, 0.15) is 0 Å². The van der Waals surface area contributed by atoms with E-state index in [9.17, 15) is 9.90 Å². The first-order valence-electron chi connectivity index (χ1n) is 7.74. The van der Waals surface area contributed by atoms with Crippen LogP contribution < -0.4 is 0 Å². The van der Waals surface area contributed by atoms with Gasteiger partial charge in [-0.25, -0.2) is 0 Å². The zero-order chi connectivity index (χ0) is 14.2. The van der Waals surface area contributed by atoms with E-state index in [-0.39, 0.29) is 12.4 Å². The third kappa shape index (κ3) is 4.43. The van der Waals surface area contributed by atoms with Crippen molar-refractivity contribution in [2.24, 2.45) is 0 Å². The van der Waals surface area contributed by atoms with Crippen LogP contribution in [-0.2, 0) is 0 Å². The van der Waals surface area contributed by atoms with Crippen LogP contribution in [0.3, 0.4) is 0 Å². The molecule has 1 saturated carbocycles. The van der Waals surface area contributed by atoms with Gasteiger partial charge < -0.3 is 5.11 Å². The van der Waals surface area contributed by atoms with Crippen molar-refractivity contribution in [2.75, 3.05) is 19.7 Å². The maximum atomic E-state index is 12.1. The number of carbonyl (C=O) groups excluding carboxylic acids is 1. The molecule has 20 heavy (non-hydrogen) atoms. The molecular formula is C17H25NO2. The van der Waals surface area contributed by atoms with E-state index in [1.54, 1.807) is 0 Å². The number of benzene rings is 1. The van der Waals surface area contributed by atoms with Crippen molar-refractivity contribution in [3.63, 3.8) is 0 Å². The Morgan fingerprint density at radius 1 is 1.10 bits per heavy atom. The molecule has 1 aliphatic carbocycles. The average Bonchev–Trinajstić information content (AvgIpc) is 2.53. The maximum Gasteiger partial charge on any atom is 0.164 e. The zero-order valence-corrected chi connectivity index (χ0v) is 12.1. The van der Waals surface area contributed by atoms with Crippen molar-refractivity contribution < 1.29 is 9.90 Å². The van der Waals surface area contributed by atoms with E-state index < -0.39 is 0 Å². The van der Waals surface area contributed by atoms with E-state index in [4.69, 9.17) is 0 Å². The Hall–Kier alpha value is -1.19. The summed E-state index contributed by atoms with van der Waals surface area (Å²) in [6.07, 6.45) is 6.84. The third-order valence-electron chi connectivity index (χ3n) is 4.20. The van der Waals surface area contributed by atoms with Crippen molar-refractivity contribution in [2.45, 2.75) is 44.6 Å². The summed E-state index contributed by atoms with van der Waals surface area (Å²) in [6.45, 7) is 1.63. The Balaban J connectivity index is 1.86. The molecule has 0 radical (unpaired) electrons. The number of hydrogen-bond acceptors (Lipinski definition) is 3. The monoisotopic (exact) mass is 275 g/mol. The molecule has 0 saturated heterocycles. The highest BCUT2D eigenvalue weighted by Crippen LogP contribution is 2.22. The van der Waals surface area contributed by atoms with Gasteiger partial charge in [-0.3, -0.25) is 9.69 Å². The van der Waals surface area contributed by atoms with E-state index in [1.165, 1.54) is 32.1 Å². The fraction of sp³-hybridized carbons (Fsp3) is 0.588. The molecule has 0 aromatic heterocycles. The lowest BCUT2D eigenvalue weighted by Gasteiger charge is -2.33. The molecule has 0 spiro atoms. The number of rotatable bonds is 7. The van der Waals surface area contributed by atoms with Crippen LogP contribution >= 0.6 is 0 Å². The largest absolute Gasteiger partial charge is 0.395 e. The Morgan fingerprint density at radius 2 is 1.80 bits per heavy atom. The molecule has 3 heteroatoms. The van der Waals surface area contributed by atoms with Crippen molar-refractivity contribution in [1.29, 1.82) is 0 Å². The SMILES string of the molecule is O=C(CCN(CCO)C1CCCCC1)c1ccccc1. The van der Waals surface area contributed by atoms with Gasteiger partial charge >= 0.3 is 0 Å². The molecule has 0 amide bonds. The van der Waals surface area contributed by atoms with Crippen LogP contribution in [0.25, 0.3) is 0 Å². The second-order valence-electron chi connectivity index (χ2n) is 5.59. The zero-order valence-electron chi connectivity index (χ0n) is 12.1. The van der Waals surface area contributed by atoms with Gasteiger partial charge in [0.2, 0.25) is 0 Å². The van der Waals surface area contributed by atoms with Crippen LogP contribution in [0.2, 0.25) is 0 Å². The minimum atomic E-state index is 0.177. The van der Waals surface area contributed by atoms with Gasteiger partial charge in [0.05, 0.1) is 6.61 Å². The highest BCUT2D eigenvalue weighted by atomic mass is 16.3. The summed E-state index contributed by atoms with van der Waals surface area (Å²) in [5.41, 5.74) is 0.792. The number of Topliss-reactive ketones (excluding diaryl/α,β-unsaturated/α-hetero) is 1. The fourth-order valence-corrected chi connectivity index (χ4v) is 3.07. The molecule has 0 bridgehead atoms. The molecule has 0 heterocycles. The first-order chi connectivity index (χ1) is 9.81. The van der Waals surface area contributed by atoms with Crippen molar-refractivity contribution >= 4 is 5.78 Å². The smallest absolute Gasteiger partial charge is 0.164 e. The minimum Gasteiger partial charge on any atom is -0.395 e. The lowest BCUT2D eigenvalue weighted by Crippen LogP contribution is -2.40. The van der Waals surface area contributed by atoms with Crippen LogP contribution in [0.5, 0.6) is 0 Å². The highest BCUT2D eigenvalue weighted by molar-refractivity contribution is 5.96. The summed E-state index contributed by atoms with van der Waals surface area (Å²) < 4.78 is 0. The number of ketones is 1. The molecule has 1 fully saturated rings. The first kappa shape index (κ1) is 15.2. The second kappa shape index (κ2) is 8.18. The van der Waals surface area contributed by atoms with Crippen LogP contribution in [-0.4, -0.2) is 41.5 Å². The first-order valence-corrected chi connectivity index (χ1v) is 7.74. The van der Waals surface area contributed by atoms with Crippen LogP contribution in [0.4, 0.5) is 0 Å². The Bertz CT molecular complexity index is 399. The molecule has 3 nitrogen and oxygen atoms in total. The van der Waals surface area contributed by atoms with Gasteiger partial charge in [0.15, 0.2) is 5.78 Å². The molecule has 1 aromatic rings. The predicted octanol–water partition coefficient (Wildman–Crippen LogP) is 2.89. The summed E-state index contributed by atoms with van der Waals surface area (Å²) in [5, 5.41) is 9.22. The lowest BCUT2D eigenvalue weighted by atomic mass is 9.94. The van der Waals surface area contributed by atoms with Gasteiger partial charge in [-0.2, -0.15) is 0 Å². The summed E-state index contributed by atoms with van der Waals surface area (Å²) >= 11 is 0. The fourth-order valence-electron chi connectivity index (χ4n) is 3.07. The summed E-state index contributed by atoms with van der Waals surface area (Å²) in [7, 11) is 0. The second-order valence-corrected chi connectivity index (χ2v) is 5.59. The molecule has 110 valence electrons. The van der Waals surface area contributed by atoms with E-state index in [0.29, 0.717) is 19.0 Å². The van der Waals surface area contributed by atoms with E-state index in [2.05, 4.69) is 4.90 Å². The van der Waals surface area contributed by atoms with Crippen LogP contribution in [0.1, 0.15) is 48.9 Å². The van der Waals surface area contributed by atoms with E-state index in [0.717, 1.165) is 12.1 Å². The Kier molecular flexibility index (Phi) is 6.22. The quantitative estimate of drug-likeness (QED) is 0.778. The standard InChI is InChI=1S/C17H25NO2/c19-14-13-18(16-9-5-2-6-10-16)12-11-17(20)15-7-3-1-4-8-15/h1,3-4,7-8,16,19H,2,5-6,9-14H2. The molecule has 0 unspecified atom stereocenters. The van der Waals surface area contributed by atoms with E-state index in [1.807, 2.05) is 30.3 Å². The summed E-state index contributed by atoms with van der Waals surface area (Å²) in [4.78, 5) is 14.5. The van der Waals surface area contributed by atoms with Crippen LogP contribution in [0.15, 0.2) is 30.3 Å². The van der Waals surface area contributed by atoms with Crippen LogP contribution in [0, 0.1) is 0 Å². The number of carbonyl (C=O) groups is 1. The molecule has 0 atom stereocenters. The van der Waals surface area contributed by atoms with Gasteiger partial charge in [-0.15, -0.1) is 0 Å². The third-order valence-corrected chi connectivity index (χ3v) is 4.20. The maximum absolute atomic E-state index is 12.1. The average molecular weight is 275 g/mol. The number of aliphatic hydroxyl groups is 1. The predicted molar refractivity (Wildman–Crippen MR) is 80.9 cm³/mol. The van der Waals surface area contributed by atoms with Crippen molar-refractivity contribution in [1.82, 2.24) is 4.90 Å². The van der Waals surface area contributed by atoms with Crippen molar-refractivity contribution in [3.05, 3.63) is 35.9 Å². The Morgan fingerprint density at radius 3 is 2.45 bits per heavy atom. The number of aliphatic hydroxyl groups excluding tert-OH is 1. The summed E-state index contributed by atoms with van der Waals surface area (Å²) in [6, 6.07) is 10.0. The minimum absolute atomic E-state index is 0.177. The van der Waals surface area contributed by atoms with Gasteiger partial charge in [0.25, 0.3) is 0 Å². The molecule has 1 aromatic carbocycles. The summed E-state index contributed by atoms with van der Waals surface area (Å²) in [5.74, 6) is 0.198. The normalized spacial score (nSPS) is 16.5. The molecule has 0 aliphatic heterocycles. The van der Waals surface area contributed by atoms with Gasteiger partial charge in [-0.05, 0) is 12.8 Å². The molecule has 1 N–H and O–H groups in total. The van der Waals surface area contributed by atoms with E-state index >= 15 is 0 Å². The number of hydrogen-bond donors (Lipinski definition) is 1. The molecule has 1 aliphatic rings. The molecular weight excluding hydrogens is 250 g/mol. The van der Waals surface area contributed by atoms with Gasteiger partial charge in [0, 0.05) is 31.1 Å². The van der Waals surface area contributed by atoms with Gasteiger partial charge in [-0.1, -0.05) is 49.6 Å². The topological polar surface area (TPSA) is 40.5 Å². The Labute approximate surface area is 121 Å². The molecule has 2 rings (SSSR count). The number of nitrogens with zero attached hydrogens (tertiary/aromatic N) is 1. The highest BCUT2D eigenvalue weighted by Gasteiger charge is 2.21.